The van der Waals surface area contributed by atoms with Crippen LogP contribution in [0.1, 0.15) is 33.6 Å². The highest BCUT2D eigenvalue weighted by Crippen LogP contribution is 2.26. The number of hydrogen-bond donors (Lipinski definition) is 0. The summed E-state index contributed by atoms with van der Waals surface area (Å²) in [5.41, 5.74) is -0.0147. The van der Waals surface area contributed by atoms with E-state index in [4.69, 9.17) is 4.74 Å². The van der Waals surface area contributed by atoms with Gasteiger partial charge in [0.05, 0.1) is 16.5 Å². The molecule has 8 heteroatoms. The number of aromatic nitrogens is 2. The van der Waals surface area contributed by atoms with Gasteiger partial charge >= 0.3 is 6.09 Å². The van der Waals surface area contributed by atoms with E-state index in [1.165, 1.54) is 6.07 Å². The number of benzene rings is 2. The van der Waals surface area contributed by atoms with Crippen molar-refractivity contribution in [2.24, 2.45) is 5.92 Å². The standard InChI is InChI=1S/C25H27BrFN3O3/c1-25(2,3)33-24(32)29-12-6-7-16(14-29)15-30-22(18-8-4-5-9-20(18)27)28-21-11-10-17(26)13-19(21)23(30)31/h4-5,8-11,13,16H,6-7,12,14-15H2,1-3H3. The van der Waals surface area contributed by atoms with Gasteiger partial charge in [0.2, 0.25) is 0 Å². The first-order valence-corrected chi connectivity index (χ1v) is 11.8. The molecule has 3 aromatic rings. The van der Waals surface area contributed by atoms with Gasteiger partial charge in [0.1, 0.15) is 17.2 Å². The molecule has 4 rings (SSSR count). The summed E-state index contributed by atoms with van der Waals surface area (Å²) in [7, 11) is 0. The molecule has 1 fully saturated rings. The minimum atomic E-state index is -0.575. The Hall–Kier alpha value is -2.74. The van der Waals surface area contributed by atoms with Crippen LogP contribution in [0.15, 0.2) is 51.7 Å². The van der Waals surface area contributed by atoms with Gasteiger partial charge in [-0.15, -0.1) is 0 Å². The number of hydrogen-bond acceptors (Lipinski definition) is 4. The highest BCUT2D eigenvalue weighted by Gasteiger charge is 2.29. The number of ether oxygens (including phenoxy) is 1. The maximum atomic E-state index is 14.7. The zero-order valence-corrected chi connectivity index (χ0v) is 20.6. The fourth-order valence-corrected chi connectivity index (χ4v) is 4.54. The van der Waals surface area contributed by atoms with Crippen molar-refractivity contribution >= 4 is 32.9 Å². The quantitative estimate of drug-likeness (QED) is 0.454. The lowest BCUT2D eigenvalue weighted by molar-refractivity contribution is 0.0157. The molecule has 1 aliphatic rings. The lowest BCUT2D eigenvalue weighted by Gasteiger charge is -2.34. The predicted octanol–water partition coefficient (Wildman–Crippen LogP) is 5.61. The molecule has 1 saturated heterocycles. The number of rotatable bonds is 3. The van der Waals surface area contributed by atoms with Crippen molar-refractivity contribution in [2.75, 3.05) is 13.1 Å². The average Bonchev–Trinajstić information content (AvgIpc) is 2.75. The van der Waals surface area contributed by atoms with E-state index >= 15 is 0 Å². The van der Waals surface area contributed by atoms with Gasteiger partial charge in [0.15, 0.2) is 0 Å². The van der Waals surface area contributed by atoms with Crippen LogP contribution in [0.25, 0.3) is 22.3 Å². The Morgan fingerprint density at radius 2 is 2.00 bits per heavy atom. The number of fused-ring (bicyclic) bond motifs is 1. The van der Waals surface area contributed by atoms with Crippen LogP contribution in [0.3, 0.4) is 0 Å². The summed E-state index contributed by atoms with van der Waals surface area (Å²) in [5.74, 6) is -0.128. The summed E-state index contributed by atoms with van der Waals surface area (Å²) in [5, 5.41) is 0.462. The Morgan fingerprint density at radius 3 is 2.73 bits per heavy atom. The van der Waals surface area contributed by atoms with E-state index in [0.717, 1.165) is 17.3 Å². The Morgan fingerprint density at radius 1 is 1.24 bits per heavy atom. The smallest absolute Gasteiger partial charge is 0.410 e. The second-order valence-electron chi connectivity index (χ2n) is 9.43. The molecule has 0 saturated carbocycles. The van der Waals surface area contributed by atoms with Crippen LogP contribution in [0.5, 0.6) is 0 Å². The normalized spacial score (nSPS) is 16.8. The Bertz CT molecular complexity index is 1250. The molecule has 0 radical (unpaired) electrons. The molecular weight excluding hydrogens is 489 g/mol. The van der Waals surface area contributed by atoms with Crippen LogP contribution in [0.2, 0.25) is 0 Å². The SMILES string of the molecule is CC(C)(C)OC(=O)N1CCCC(Cn2c(-c3ccccc3F)nc3ccc(Br)cc3c2=O)C1. The molecule has 0 bridgehead atoms. The molecule has 2 heterocycles. The number of carbonyl (C=O) groups is 1. The summed E-state index contributed by atoms with van der Waals surface area (Å²) >= 11 is 3.42. The molecule has 1 aromatic heterocycles. The van der Waals surface area contributed by atoms with E-state index in [-0.39, 0.29) is 23.1 Å². The number of carbonyl (C=O) groups excluding carboxylic acids is 1. The minimum Gasteiger partial charge on any atom is -0.444 e. The maximum Gasteiger partial charge on any atom is 0.410 e. The molecule has 2 aromatic carbocycles. The summed E-state index contributed by atoms with van der Waals surface area (Å²) in [6.45, 7) is 6.93. The van der Waals surface area contributed by atoms with Gasteiger partial charge in [-0.2, -0.15) is 0 Å². The number of nitrogens with zero attached hydrogens (tertiary/aromatic N) is 3. The van der Waals surface area contributed by atoms with E-state index in [9.17, 15) is 14.0 Å². The van der Waals surface area contributed by atoms with Crippen LogP contribution in [-0.4, -0.2) is 39.2 Å². The Kier molecular flexibility index (Phi) is 6.56. The Labute approximate surface area is 200 Å². The molecule has 1 aliphatic heterocycles. The molecule has 6 nitrogen and oxygen atoms in total. The van der Waals surface area contributed by atoms with Crippen LogP contribution in [0.4, 0.5) is 9.18 Å². The molecule has 0 spiro atoms. The lowest BCUT2D eigenvalue weighted by atomic mass is 9.98. The third-order valence-corrected chi connectivity index (χ3v) is 6.14. The molecule has 1 unspecified atom stereocenters. The number of piperidine rings is 1. The molecule has 1 amide bonds. The summed E-state index contributed by atoms with van der Waals surface area (Å²) in [6.07, 6.45) is 1.30. The van der Waals surface area contributed by atoms with Gasteiger partial charge in [-0.1, -0.05) is 28.1 Å². The zero-order chi connectivity index (χ0) is 23.8. The van der Waals surface area contributed by atoms with E-state index < -0.39 is 11.4 Å². The predicted molar refractivity (Wildman–Crippen MR) is 130 cm³/mol. The monoisotopic (exact) mass is 515 g/mol. The highest BCUT2D eigenvalue weighted by molar-refractivity contribution is 9.10. The van der Waals surface area contributed by atoms with Crippen molar-refractivity contribution in [2.45, 2.75) is 45.8 Å². The van der Waals surface area contributed by atoms with Crippen molar-refractivity contribution in [1.29, 1.82) is 0 Å². The van der Waals surface area contributed by atoms with Crippen LogP contribution >= 0.6 is 15.9 Å². The van der Waals surface area contributed by atoms with E-state index in [2.05, 4.69) is 20.9 Å². The molecule has 33 heavy (non-hydrogen) atoms. The van der Waals surface area contributed by atoms with Crippen molar-refractivity contribution in [3.05, 3.63) is 63.1 Å². The van der Waals surface area contributed by atoms with E-state index in [0.29, 0.717) is 36.4 Å². The molecule has 0 aliphatic carbocycles. The number of amides is 1. The first-order valence-electron chi connectivity index (χ1n) is 11.1. The summed E-state index contributed by atoms with van der Waals surface area (Å²) in [6, 6.07) is 11.6. The number of likely N-dealkylation sites (tertiary alicyclic amines) is 1. The fraction of sp³-hybridized carbons (Fsp3) is 0.400. The van der Waals surface area contributed by atoms with Gasteiger partial charge in [0, 0.05) is 24.1 Å². The third kappa shape index (κ3) is 5.27. The van der Waals surface area contributed by atoms with Gasteiger partial charge < -0.3 is 9.64 Å². The minimum absolute atomic E-state index is 0.0147. The van der Waals surface area contributed by atoms with E-state index in [1.807, 2.05) is 26.8 Å². The molecule has 0 N–H and O–H groups in total. The second kappa shape index (κ2) is 9.25. The highest BCUT2D eigenvalue weighted by atomic mass is 79.9. The second-order valence-corrected chi connectivity index (χ2v) is 10.3. The van der Waals surface area contributed by atoms with Crippen molar-refractivity contribution in [3.8, 4) is 11.4 Å². The Balaban J connectivity index is 1.73. The molecule has 1 atom stereocenters. The van der Waals surface area contributed by atoms with Gasteiger partial charge in [0.25, 0.3) is 5.56 Å². The van der Waals surface area contributed by atoms with Crippen molar-refractivity contribution < 1.29 is 13.9 Å². The van der Waals surface area contributed by atoms with Gasteiger partial charge in [-0.25, -0.2) is 14.2 Å². The van der Waals surface area contributed by atoms with E-state index in [1.54, 1.807) is 39.8 Å². The topological polar surface area (TPSA) is 64.4 Å². The number of halogens is 2. The molecule has 174 valence electrons. The largest absolute Gasteiger partial charge is 0.444 e. The third-order valence-electron chi connectivity index (χ3n) is 5.64. The van der Waals surface area contributed by atoms with Crippen LogP contribution in [0, 0.1) is 11.7 Å². The van der Waals surface area contributed by atoms with Crippen LogP contribution in [-0.2, 0) is 11.3 Å². The maximum absolute atomic E-state index is 14.7. The molecular formula is C25H27BrFN3O3. The van der Waals surface area contributed by atoms with Crippen molar-refractivity contribution in [3.63, 3.8) is 0 Å². The lowest BCUT2D eigenvalue weighted by Crippen LogP contribution is -2.44. The summed E-state index contributed by atoms with van der Waals surface area (Å²) in [4.78, 5) is 32.5. The first-order chi connectivity index (χ1) is 15.6. The zero-order valence-electron chi connectivity index (χ0n) is 19.0. The van der Waals surface area contributed by atoms with Gasteiger partial charge in [-0.05, 0) is 69.9 Å². The van der Waals surface area contributed by atoms with Crippen LogP contribution < -0.4 is 5.56 Å². The fourth-order valence-electron chi connectivity index (χ4n) is 4.18. The van der Waals surface area contributed by atoms with Gasteiger partial charge in [-0.3, -0.25) is 9.36 Å². The summed E-state index contributed by atoms with van der Waals surface area (Å²) < 4.78 is 22.6. The van der Waals surface area contributed by atoms with Crippen molar-refractivity contribution in [1.82, 2.24) is 14.5 Å². The first kappa shape index (κ1) is 23.4. The average molecular weight is 516 g/mol.